The van der Waals surface area contributed by atoms with Gasteiger partial charge >= 0.3 is 0 Å². The quantitative estimate of drug-likeness (QED) is 0.870. The van der Waals surface area contributed by atoms with Gasteiger partial charge in [0.2, 0.25) is 0 Å². The Kier molecular flexibility index (Phi) is 3.25. The van der Waals surface area contributed by atoms with Gasteiger partial charge in [0, 0.05) is 10.6 Å². The highest BCUT2D eigenvalue weighted by Crippen LogP contribution is 2.34. The normalized spacial score (nSPS) is 10.3. The van der Waals surface area contributed by atoms with E-state index in [1.807, 2.05) is 25.1 Å². The number of benzene rings is 2. The summed E-state index contributed by atoms with van der Waals surface area (Å²) in [6, 6.07) is 10.8. The van der Waals surface area contributed by atoms with Crippen molar-refractivity contribution in [3.63, 3.8) is 0 Å². The summed E-state index contributed by atoms with van der Waals surface area (Å²) in [5, 5.41) is 10.3. The zero-order valence-corrected chi connectivity index (χ0v) is 10.5. The fourth-order valence-corrected chi connectivity index (χ4v) is 2.00. The Bertz CT molecular complexity index is 530. The maximum atomic E-state index is 9.61. The molecular formula is C14H13ClO2. The Labute approximate surface area is 105 Å². The molecule has 0 fully saturated rings. The highest BCUT2D eigenvalue weighted by Gasteiger charge is 2.08. The summed E-state index contributed by atoms with van der Waals surface area (Å²) in [5.74, 6) is 0.974. The van der Waals surface area contributed by atoms with E-state index in [2.05, 4.69) is 0 Å². The minimum absolute atomic E-state index is 0.238. The average Bonchev–Trinajstić information content (AvgIpc) is 2.27. The summed E-state index contributed by atoms with van der Waals surface area (Å²) in [6.45, 7) is 1.93. The molecule has 0 spiro atoms. The van der Waals surface area contributed by atoms with Crippen LogP contribution in [0.2, 0.25) is 5.02 Å². The van der Waals surface area contributed by atoms with Crippen LogP contribution in [0.3, 0.4) is 0 Å². The Morgan fingerprint density at radius 2 is 1.88 bits per heavy atom. The molecular weight excluding hydrogens is 236 g/mol. The van der Waals surface area contributed by atoms with Gasteiger partial charge in [-0.3, -0.25) is 0 Å². The first kappa shape index (κ1) is 11.8. The number of phenolic OH excluding ortho intramolecular Hbond substituents is 1. The van der Waals surface area contributed by atoms with Crippen LogP contribution in [0.15, 0.2) is 36.4 Å². The monoisotopic (exact) mass is 248 g/mol. The molecule has 0 unspecified atom stereocenters. The van der Waals surface area contributed by atoms with Crippen molar-refractivity contribution in [2.45, 2.75) is 6.92 Å². The molecule has 0 aliphatic carbocycles. The van der Waals surface area contributed by atoms with Crippen LogP contribution in [0.5, 0.6) is 11.5 Å². The molecule has 17 heavy (non-hydrogen) atoms. The van der Waals surface area contributed by atoms with Crippen LogP contribution in [0.1, 0.15) is 5.56 Å². The number of aromatic hydroxyl groups is 1. The van der Waals surface area contributed by atoms with Crippen molar-refractivity contribution in [2.75, 3.05) is 7.11 Å². The van der Waals surface area contributed by atoms with Crippen LogP contribution >= 0.6 is 11.6 Å². The van der Waals surface area contributed by atoms with E-state index >= 15 is 0 Å². The Morgan fingerprint density at radius 1 is 1.12 bits per heavy atom. The first-order chi connectivity index (χ1) is 8.10. The van der Waals surface area contributed by atoms with Crippen molar-refractivity contribution in [1.29, 1.82) is 0 Å². The van der Waals surface area contributed by atoms with Gasteiger partial charge < -0.3 is 9.84 Å². The zero-order chi connectivity index (χ0) is 12.4. The Balaban J connectivity index is 2.62. The van der Waals surface area contributed by atoms with Crippen LogP contribution in [0.4, 0.5) is 0 Å². The molecule has 0 saturated carbocycles. The Morgan fingerprint density at radius 3 is 2.53 bits per heavy atom. The molecule has 1 N–H and O–H groups in total. The van der Waals surface area contributed by atoms with E-state index in [0.29, 0.717) is 5.02 Å². The number of methoxy groups -OCH3 is 1. The summed E-state index contributed by atoms with van der Waals surface area (Å²) >= 11 is 5.99. The van der Waals surface area contributed by atoms with E-state index in [4.69, 9.17) is 16.3 Å². The maximum Gasteiger partial charge on any atom is 0.126 e. The molecule has 2 rings (SSSR count). The topological polar surface area (TPSA) is 29.5 Å². The number of ether oxygens (including phenoxy) is 1. The number of phenols is 1. The molecule has 3 heteroatoms. The highest BCUT2D eigenvalue weighted by atomic mass is 35.5. The molecule has 0 bridgehead atoms. The first-order valence-electron chi connectivity index (χ1n) is 5.25. The zero-order valence-electron chi connectivity index (χ0n) is 9.70. The SMILES string of the molecule is COc1ccc(Cl)cc1-c1cc(C)cc(O)c1. The van der Waals surface area contributed by atoms with Crippen LogP contribution in [-0.4, -0.2) is 12.2 Å². The molecule has 2 aromatic carbocycles. The first-order valence-corrected chi connectivity index (χ1v) is 5.62. The largest absolute Gasteiger partial charge is 0.508 e. The number of halogens is 1. The molecule has 0 saturated heterocycles. The summed E-state index contributed by atoms with van der Waals surface area (Å²) < 4.78 is 5.29. The van der Waals surface area contributed by atoms with Crippen LogP contribution < -0.4 is 4.74 Å². The van der Waals surface area contributed by atoms with Crippen molar-refractivity contribution >= 4 is 11.6 Å². The smallest absolute Gasteiger partial charge is 0.126 e. The Hall–Kier alpha value is -1.67. The standard InChI is InChI=1S/C14H13ClO2/c1-9-5-10(7-12(16)6-9)13-8-11(15)3-4-14(13)17-2/h3-8,16H,1-2H3. The lowest BCUT2D eigenvalue weighted by Crippen LogP contribution is -1.88. The van der Waals surface area contributed by atoms with Crippen LogP contribution in [0.25, 0.3) is 11.1 Å². The molecule has 0 heterocycles. The van der Waals surface area contributed by atoms with Crippen LogP contribution in [-0.2, 0) is 0 Å². The second-order valence-corrected chi connectivity index (χ2v) is 4.34. The summed E-state index contributed by atoms with van der Waals surface area (Å²) in [7, 11) is 1.61. The van der Waals surface area contributed by atoms with Gasteiger partial charge in [-0.05, 0) is 48.4 Å². The number of hydrogen-bond donors (Lipinski definition) is 1. The maximum absolute atomic E-state index is 9.61. The minimum atomic E-state index is 0.238. The van der Waals surface area contributed by atoms with E-state index in [0.717, 1.165) is 22.4 Å². The lowest BCUT2D eigenvalue weighted by atomic mass is 10.0. The number of rotatable bonds is 2. The second kappa shape index (κ2) is 4.68. The molecule has 2 aromatic rings. The number of aryl methyl sites for hydroxylation is 1. The van der Waals surface area contributed by atoms with Crippen molar-refractivity contribution in [3.05, 3.63) is 47.0 Å². The molecule has 0 radical (unpaired) electrons. The van der Waals surface area contributed by atoms with Gasteiger partial charge in [0.15, 0.2) is 0 Å². The molecule has 0 aliphatic heterocycles. The van der Waals surface area contributed by atoms with Gasteiger partial charge in [-0.15, -0.1) is 0 Å². The highest BCUT2D eigenvalue weighted by molar-refractivity contribution is 6.31. The molecule has 88 valence electrons. The van der Waals surface area contributed by atoms with Crippen molar-refractivity contribution in [2.24, 2.45) is 0 Å². The number of hydrogen-bond acceptors (Lipinski definition) is 2. The summed E-state index contributed by atoms with van der Waals surface area (Å²) in [6.07, 6.45) is 0. The van der Waals surface area contributed by atoms with Crippen molar-refractivity contribution in [3.8, 4) is 22.6 Å². The van der Waals surface area contributed by atoms with E-state index in [1.165, 1.54) is 0 Å². The van der Waals surface area contributed by atoms with E-state index in [1.54, 1.807) is 25.3 Å². The third-order valence-electron chi connectivity index (χ3n) is 2.53. The molecule has 0 atom stereocenters. The van der Waals surface area contributed by atoms with Crippen LogP contribution in [0, 0.1) is 6.92 Å². The minimum Gasteiger partial charge on any atom is -0.508 e. The van der Waals surface area contributed by atoms with Crippen molar-refractivity contribution < 1.29 is 9.84 Å². The lowest BCUT2D eigenvalue weighted by Gasteiger charge is -2.10. The van der Waals surface area contributed by atoms with E-state index in [-0.39, 0.29) is 5.75 Å². The van der Waals surface area contributed by atoms with Gasteiger partial charge in [-0.25, -0.2) is 0 Å². The molecule has 0 aliphatic rings. The van der Waals surface area contributed by atoms with Gasteiger partial charge in [0.25, 0.3) is 0 Å². The van der Waals surface area contributed by atoms with E-state index < -0.39 is 0 Å². The van der Waals surface area contributed by atoms with Gasteiger partial charge in [-0.2, -0.15) is 0 Å². The fourth-order valence-electron chi connectivity index (χ4n) is 1.82. The summed E-state index contributed by atoms with van der Waals surface area (Å²) in [4.78, 5) is 0. The predicted octanol–water partition coefficient (Wildman–Crippen LogP) is 4.03. The third-order valence-corrected chi connectivity index (χ3v) is 2.77. The van der Waals surface area contributed by atoms with E-state index in [9.17, 15) is 5.11 Å². The van der Waals surface area contributed by atoms with Crippen molar-refractivity contribution in [1.82, 2.24) is 0 Å². The second-order valence-electron chi connectivity index (χ2n) is 3.90. The third kappa shape index (κ3) is 2.53. The molecule has 0 amide bonds. The fraction of sp³-hybridized carbons (Fsp3) is 0.143. The predicted molar refractivity (Wildman–Crippen MR) is 69.8 cm³/mol. The molecule has 0 aromatic heterocycles. The lowest BCUT2D eigenvalue weighted by molar-refractivity contribution is 0.416. The molecule has 2 nitrogen and oxygen atoms in total. The van der Waals surface area contributed by atoms with Gasteiger partial charge in [0.1, 0.15) is 11.5 Å². The van der Waals surface area contributed by atoms with Gasteiger partial charge in [0.05, 0.1) is 7.11 Å². The average molecular weight is 249 g/mol. The summed E-state index contributed by atoms with van der Waals surface area (Å²) in [5.41, 5.74) is 2.75. The van der Waals surface area contributed by atoms with Gasteiger partial charge in [-0.1, -0.05) is 17.7 Å².